The molecule has 1 N–H and O–H groups in total. The molecule has 2 aromatic rings. The van der Waals surface area contributed by atoms with Crippen molar-refractivity contribution in [3.63, 3.8) is 0 Å². The number of rotatable bonds is 7. The number of esters is 2. The lowest BCUT2D eigenvalue weighted by Crippen LogP contribution is -2.16. The predicted molar refractivity (Wildman–Crippen MR) is 114 cm³/mol. The summed E-state index contributed by atoms with van der Waals surface area (Å²) in [5.74, 6) is -2.10. The van der Waals surface area contributed by atoms with Gasteiger partial charge in [-0.15, -0.1) is 11.3 Å². The fourth-order valence-corrected chi connectivity index (χ4v) is 3.56. The average Bonchev–Trinajstić information content (AvgIpc) is 2.96. The lowest BCUT2D eigenvalue weighted by Gasteiger charge is -2.10. The van der Waals surface area contributed by atoms with E-state index in [-0.39, 0.29) is 33.5 Å². The molecule has 2 rings (SSSR count). The van der Waals surface area contributed by atoms with E-state index < -0.39 is 17.8 Å². The van der Waals surface area contributed by atoms with Gasteiger partial charge in [-0.05, 0) is 64.0 Å². The molecule has 6 nitrogen and oxygen atoms in total. The van der Waals surface area contributed by atoms with E-state index in [1.807, 2.05) is 0 Å². The minimum absolute atomic E-state index is 0.118. The van der Waals surface area contributed by atoms with Gasteiger partial charge in [-0.3, -0.25) is 4.79 Å². The SMILES string of the molecule is Cc1c(C(=O)OC(C)C)sc(NC(=O)C=Cc2ccc(F)cc2)c1C(=O)OC(C)C. The molecule has 0 radical (unpaired) electrons. The van der Waals surface area contributed by atoms with Gasteiger partial charge in [-0.2, -0.15) is 0 Å². The number of hydrogen-bond donors (Lipinski definition) is 1. The van der Waals surface area contributed by atoms with Gasteiger partial charge in [0, 0.05) is 6.08 Å². The molecule has 0 saturated heterocycles. The zero-order valence-corrected chi connectivity index (χ0v) is 18.3. The van der Waals surface area contributed by atoms with Gasteiger partial charge < -0.3 is 14.8 Å². The summed E-state index contributed by atoms with van der Waals surface area (Å²) in [6.45, 7) is 8.46. The van der Waals surface area contributed by atoms with Crippen molar-refractivity contribution in [1.29, 1.82) is 0 Å². The molecule has 0 aliphatic heterocycles. The van der Waals surface area contributed by atoms with Crippen LogP contribution < -0.4 is 5.32 Å². The van der Waals surface area contributed by atoms with Crippen LogP contribution in [0, 0.1) is 12.7 Å². The summed E-state index contributed by atoms with van der Waals surface area (Å²) in [7, 11) is 0. The average molecular weight is 434 g/mol. The van der Waals surface area contributed by atoms with Gasteiger partial charge in [0.05, 0.1) is 17.8 Å². The second kappa shape index (κ2) is 10.2. The molecule has 1 aromatic heterocycles. The third kappa shape index (κ3) is 6.25. The highest BCUT2D eigenvalue weighted by molar-refractivity contribution is 7.18. The Morgan fingerprint density at radius 3 is 2.13 bits per heavy atom. The highest BCUT2D eigenvalue weighted by Gasteiger charge is 2.28. The second-order valence-corrected chi connectivity index (χ2v) is 8.06. The quantitative estimate of drug-likeness (QED) is 0.492. The minimum atomic E-state index is -0.639. The van der Waals surface area contributed by atoms with Crippen LogP contribution in [0.25, 0.3) is 6.08 Å². The van der Waals surface area contributed by atoms with Crippen LogP contribution in [0.1, 0.15) is 58.9 Å². The summed E-state index contributed by atoms with van der Waals surface area (Å²) >= 11 is 0.953. The summed E-state index contributed by atoms with van der Waals surface area (Å²) in [6, 6.07) is 5.62. The summed E-state index contributed by atoms with van der Waals surface area (Å²) < 4.78 is 23.5. The monoisotopic (exact) mass is 433 g/mol. The van der Waals surface area contributed by atoms with Gasteiger partial charge in [0.1, 0.15) is 15.7 Å². The highest BCUT2D eigenvalue weighted by atomic mass is 32.1. The Bertz CT molecular complexity index is 961. The van der Waals surface area contributed by atoms with E-state index in [2.05, 4.69) is 5.32 Å². The van der Waals surface area contributed by atoms with Crippen LogP contribution in [0.4, 0.5) is 9.39 Å². The third-order valence-corrected chi connectivity index (χ3v) is 4.94. The molecule has 0 spiro atoms. The van der Waals surface area contributed by atoms with E-state index in [1.54, 1.807) is 34.6 Å². The Morgan fingerprint density at radius 1 is 1.00 bits per heavy atom. The molecule has 0 fully saturated rings. The van der Waals surface area contributed by atoms with E-state index in [0.29, 0.717) is 11.1 Å². The van der Waals surface area contributed by atoms with E-state index in [0.717, 1.165) is 11.3 Å². The van der Waals surface area contributed by atoms with Crippen LogP contribution in [-0.4, -0.2) is 30.1 Å². The third-order valence-electron chi connectivity index (χ3n) is 3.76. The maximum Gasteiger partial charge on any atom is 0.348 e. The first-order chi connectivity index (χ1) is 14.1. The number of thiophene rings is 1. The fraction of sp³-hybridized carbons (Fsp3) is 0.318. The van der Waals surface area contributed by atoms with Gasteiger partial charge in [0.15, 0.2) is 0 Å². The van der Waals surface area contributed by atoms with Gasteiger partial charge >= 0.3 is 11.9 Å². The van der Waals surface area contributed by atoms with Crippen LogP contribution >= 0.6 is 11.3 Å². The maximum absolute atomic E-state index is 13.0. The molecule has 0 aliphatic rings. The van der Waals surface area contributed by atoms with Crippen LogP contribution in [0.15, 0.2) is 30.3 Å². The first-order valence-corrected chi connectivity index (χ1v) is 10.2. The van der Waals surface area contributed by atoms with Crippen molar-refractivity contribution >= 4 is 40.3 Å². The zero-order chi connectivity index (χ0) is 22.4. The van der Waals surface area contributed by atoms with Crippen molar-refractivity contribution in [3.8, 4) is 0 Å². The summed E-state index contributed by atoms with van der Waals surface area (Å²) in [5.41, 5.74) is 1.14. The van der Waals surface area contributed by atoms with Gasteiger partial charge in [0.25, 0.3) is 0 Å². The van der Waals surface area contributed by atoms with Gasteiger partial charge in [0.2, 0.25) is 5.91 Å². The van der Waals surface area contributed by atoms with Crippen molar-refractivity contribution in [2.75, 3.05) is 5.32 Å². The van der Waals surface area contributed by atoms with Crippen molar-refractivity contribution in [2.24, 2.45) is 0 Å². The largest absolute Gasteiger partial charge is 0.459 e. The Hall–Kier alpha value is -3.00. The number of anilines is 1. The van der Waals surface area contributed by atoms with Gasteiger partial charge in [-0.25, -0.2) is 14.0 Å². The van der Waals surface area contributed by atoms with Crippen LogP contribution in [0.2, 0.25) is 0 Å². The highest BCUT2D eigenvalue weighted by Crippen LogP contribution is 2.34. The minimum Gasteiger partial charge on any atom is -0.459 e. The van der Waals surface area contributed by atoms with E-state index in [9.17, 15) is 18.8 Å². The Morgan fingerprint density at radius 2 is 1.57 bits per heavy atom. The molecule has 1 amide bonds. The topological polar surface area (TPSA) is 81.7 Å². The van der Waals surface area contributed by atoms with E-state index in [1.165, 1.54) is 36.4 Å². The molecule has 0 bridgehead atoms. The zero-order valence-electron chi connectivity index (χ0n) is 17.4. The number of amides is 1. The normalized spacial score (nSPS) is 11.2. The number of carbonyl (C=O) groups excluding carboxylic acids is 3. The molecular weight excluding hydrogens is 409 g/mol. The number of ether oxygens (including phenoxy) is 2. The summed E-state index contributed by atoms with van der Waals surface area (Å²) in [4.78, 5) is 37.6. The number of carbonyl (C=O) groups is 3. The molecule has 0 aliphatic carbocycles. The molecule has 0 unspecified atom stereocenters. The standard InChI is InChI=1S/C22H24FNO5S/c1-12(2)28-21(26)18-14(5)19(22(27)29-13(3)4)30-20(18)24-17(25)11-8-15-6-9-16(23)10-7-15/h6-13H,1-5H3,(H,24,25). The predicted octanol–water partition coefficient (Wildman–Crippen LogP) is 4.98. The summed E-state index contributed by atoms with van der Waals surface area (Å²) in [5, 5.41) is 2.82. The first kappa shape index (κ1) is 23.3. The molecule has 8 heteroatoms. The van der Waals surface area contributed by atoms with Crippen LogP contribution in [0.5, 0.6) is 0 Å². The molecule has 0 atom stereocenters. The number of nitrogens with one attached hydrogen (secondary N) is 1. The fourth-order valence-electron chi connectivity index (χ4n) is 2.48. The molecule has 30 heavy (non-hydrogen) atoms. The van der Waals surface area contributed by atoms with Crippen molar-refractivity contribution in [2.45, 2.75) is 46.8 Å². The molecule has 1 heterocycles. The molecule has 160 valence electrons. The van der Waals surface area contributed by atoms with Crippen molar-refractivity contribution in [1.82, 2.24) is 0 Å². The maximum atomic E-state index is 13.0. The Kier molecular flexibility index (Phi) is 7.88. The van der Waals surface area contributed by atoms with Crippen LogP contribution in [0.3, 0.4) is 0 Å². The van der Waals surface area contributed by atoms with Crippen LogP contribution in [-0.2, 0) is 14.3 Å². The van der Waals surface area contributed by atoms with Crippen molar-refractivity contribution in [3.05, 3.63) is 57.7 Å². The molecule has 1 aromatic carbocycles. The smallest absolute Gasteiger partial charge is 0.348 e. The Balaban J connectivity index is 2.31. The lowest BCUT2D eigenvalue weighted by molar-refractivity contribution is -0.111. The van der Waals surface area contributed by atoms with E-state index in [4.69, 9.17) is 9.47 Å². The van der Waals surface area contributed by atoms with Gasteiger partial charge in [-0.1, -0.05) is 12.1 Å². The number of halogens is 1. The first-order valence-electron chi connectivity index (χ1n) is 9.38. The number of benzene rings is 1. The van der Waals surface area contributed by atoms with Crippen molar-refractivity contribution < 1.29 is 28.2 Å². The summed E-state index contributed by atoms with van der Waals surface area (Å²) in [6.07, 6.45) is 2.06. The Labute approximate surface area is 178 Å². The number of hydrogen-bond acceptors (Lipinski definition) is 6. The van der Waals surface area contributed by atoms with E-state index >= 15 is 0 Å². The second-order valence-electron chi connectivity index (χ2n) is 7.04. The molecular formula is C22H24FNO5S. The molecule has 0 saturated carbocycles. The lowest BCUT2D eigenvalue weighted by atomic mass is 10.1.